The molecule has 0 radical (unpaired) electrons. The van der Waals surface area contributed by atoms with Gasteiger partial charge in [-0.2, -0.15) is 0 Å². The van der Waals surface area contributed by atoms with Gasteiger partial charge in [0.2, 0.25) is 0 Å². The minimum Gasteiger partial charge on any atom is -0.455 e. The average Bonchev–Trinajstić information content (AvgIpc) is 3.09. The number of hydrogen-bond acceptors (Lipinski definition) is 8. The molecule has 3 aromatic rings. The number of rotatable bonds is 7. The molecule has 1 heterocycles. The normalized spacial score (nSPS) is 10.6. The number of benzene rings is 2. The predicted octanol–water partition coefficient (Wildman–Crippen LogP) is 4.13. The molecule has 2 aromatic carbocycles. The minimum absolute atomic E-state index is 0.00463. The number of anilines is 1. The molecular weight excluding hydrogens is 426 g/mol. The highest BCUT2D eigenvalue weighted by Gasteiger charge is 2.14. The fourth-order valence-electron chi connectivity index (χ4n) is 2.13. The number of carbonyl (C=O) groups is 2. The number of ether oxygens (including phenoxy) is 1. The molecule has 0 aliphatic carbocycles. The summed E-state index contributed by atoms with van der Waals surface area (Å²) in [5, 5.41) is 13.3. The van der Waals surface area contributed by atoms with E-state index in [1.807, 2.05) is 24.3 Å². The quantitative estimate of drug-likeness (QED) is 0.256. The number of carbonyl (C=O) groups excluding carboxylic acids is 2. The summed E-state index contributed by atoms with van der Waals surface area (Å²) in [5.41, 5.74) is 0.710. The van der Waals surface area contributed by atoms with Crippen LogP contribution >= 0.6 is 34.7 Å². The van der Waals surface area contributed by atoms with Crippen LogP contribution in [-0.2, 0) is 14.3 Å². The molecule has 0 aliphatic heterocycles. The molecule has 0 atom stereocenters. The van der Waals surface area contributed by atoms with Gasteiger partial charge >= 0.3 is 5.97 Å². The van der Waals surface area contributed by atoms with Gasteiger partial charge in [0.05, 0.1) is 31.6 Å². The average molecular weight is 438 g/mol. The Morgan fingerprint density at radius 2 is 2.07 bits per heavy atom. The first-order chi connectivity index (χ1) is 13.4. The van der Waals surface area contributed by atoms with Crippen LogP contribution in [-0.4, -0.2) is 34.1 Å². The summed E-state index contributed by atoms with van der Waals surface area (Å²) in [5.74, 6) is -1.23. The van der Waals surface area contributed by atoms with E-state index in [1.165, 1.54) is 35.2 Å². The zero-order valence-electron chi connectivity index (χ0n) is 14.1. The molecule has 0 aliphatic rings. The molecule has 1 amide bonds. The number of esters is 1. The Labute approximate surface area is 172 Å². The van der Waals surface area contributed by atoms with E-state index >= 15 is 0 Å². The number of para-hydroxylation sites is 1. The number of halogens is 1. The van der Waals surface area contributed by atoms with Gasteiger partial charge in [-0.3, -0.25) is 19.7 Å². The Kier molecular flexibility index (Phi) is 6.45. The number of fused-ring (bicyclic) bond motifs is 1. The van der Waals surface area contributed by atoms with E-state index < -0.39 is 23.4 Å². The Balaban J connectivity index is 1.48. The van der Waals surface area contributed by atoms with Crippen LogP contribution in [0.4, 0.5) is 11.4 Å². The van der Waals surface area contributed by atoms with Gasteiger partial charge in [0.1, 0.15) is 0 Å². The lowest BCUT2D eigenvalue weighted by molar-refractivity contribution is -0.384. The van der Waals surface area contributed by atoms with Crippen molar-refractivity contribution in [2.24, 2.45) is 0 Å². The van der Waals surface area contributed by atoms with Crippen molar-refractivity contribution >= 4 is 68.2 Å². The van der Waals surface area contributed by atoms with Crippen LogP contribution < -0.4 is 5.32 Å². The van der Waals surface area contributed by atoms with Gasteiger partial charge in [0.15, 0.2) is 10.9 Å². The van der Waals surface area contributed by atoms with Gasteiger partial charge in [-0.15, -0.1) is 11.3 Å². The molecule has 0 bridgehead atoms. The largest absolute Gasteiger partial charge is 0.455 e. The zero-order valence-corrected chi connectivity index (χ0v) is 16.5. The summed E-state index contributed by atoms with van der Waals surface area (Å²) in [6, 6.07) is 11.3. The molecule has 8 nitrogen and oxygen atoms in total. The lowest BCUT2D eigenvalue weighted by Crippen LogP contribution is -2.21. The second kappa shape index (κ2) is 9.00. The lowest BCUT2D eigenvalue weighted by atomic mass is 10.3. The molecule has 1 aromatic heterocycles. The van der Waals surface area contributed by atoms with Crippen molar-refractivity contribution in [1.29, 1.82) is 0 Å². The van der Waals surface area contributed by atoms with Gasteiger partial charge in [-0.1, -0.05) is 35.5 Å². The van der Waals surface area contributed by atoms with Crippen LogP contribution in [0.1, 0.15) is 0 Å². The first-order valence-electron chi connectivity index (χ1n) is 7.80. The SMILES string of the molecule is O=C(COC(=O)CSc1nc2ccccc2s1)Nc1cc([N+](=O)[O-])ccc1Cl. The van der Waals surface area contributed by atoms with E-state index in [9.17, 15) is 19.7 Å². The van der Waals surface area contributed by atoms with Crippen LogP contribution in [0.25, 0.3) is 10.2 Å². The van der Waals surface area contributed by atoms with E-state index in [2.05, 4.69) is 10.3 Å². The predicted molar refractivity (Wildman–Crippen MR) is 108 cm³/mol. The minimum atomic E-state index is -0.652. The molecule has 0 unspecified atom stereocenters. The second-order valence-corrected chi connectivity index (χ2v) is 8.03. The van der Waals surface area contributed by atoms with Gasteiger partial charge in [0, 0.05) is 12.1 Å². The van der Waals surface area contributed by atoms with Crippen LogP contribution in [0.2, 0.25) is 5.02 Å². The number of amides is 1. The summed E-state index contributed by atoms with van der Waals surface area (Å²) in [7, 11) is 0. The Morgan fingerprint density at radius 3 is 2.82 bits per heavy atom. The third-order valence-electron chi connectivity index (χ3n) is 3.39. The molecule has 1 N–H and O–H groups in total. The number of thioether (sulfide) groups is 1. The van der Waals surface area contributed by atoms with Crippen molar-refractivity contribution in [3.8, 4) is 0 Å². The van der Waals surface area contributed by atoms with Gasteiger partial charge in [-0.25, -0.2) is 4.98 Å². The summed E-state index contributed by atoms with van der Waals surface area (Å²) in [4.78, 5) is 38.3. The van der Waals surface area contributed by atoms with Gasteiger partial charge in [-0.05, 0) is 18.2 Å². The maximum absolute atomic E-state index is 11.9. The van der Waals surface area contributed by atoms with Crippen molar-refractivity contribution in [2.45, 2.75) is 4.34 Å². The molecular formula is C17H12ClN3O5S2. The number of nitro benzene ring substituents is 1. The summed E-state index contributed by atoms with van der Waals surface area (Å²) >= 11 is 8.59. The standard InChI is InChI=1S/C17H12ClN3O5S2/c18-11-6-5-10(21(24)25)7-13(11)19-15(22)8-26-16(23)9-27-17-20-12-3-1-2-4-14(12)28-17/h1-7H,8-9H2,(H,19,22). The number of nitrogens with one attached hydrogen (secondary N) is 1. The Hall–Kier alpha value is -2.69. The van der Waals surface area contributed by atoms with Gasteiger partial charge < -0.3 is 10.1 Å². The number of non-ortho nitro benzene ring substituents is 1. The molecule has 0 saturated heterocycles. The summed E-state index contributed by atoms with van der Waals surface area (Å²) < 4.78 is 6.67. The Morgan fingerprint density at radius 1 is 1.29 bits per heavy atom. The highest BCUT2D eigenvalue weighted by atomic mass is 35.5. The lowest BCUT2D eigenvalue weighted by Gasteiger charge is -2.07. The number of aromatic nitrogens is 1. The summed E-state index contributed by atoms with van der Waals surface area (Å²) in [6.45, 7) is -0.530. The third-order valence-corrected chi connectivity index (χ3v) is 5.87. The van der Waals surface area contributed by atoms with Crippen LogP contribution in [0.15, 0.2) is 46.8 Å². The van der Waals surface area contributed by atoms with Crippen LogP contribution in [0, 0.1) is 10.1 Å². The van der Waals surface area contributed by atoms with E-state index in [0.717, 1.165) is 20.6 Å². The van der Waals surface area contributed by atoms with Crippen molar-refractivity contribution < 1.29 is 19.2 Å². The summed E-state index contributed by atoms with van der Waals surface area (Å²) in [6.07, 6.45) is 0. The Bertz CT molecular complexity index is 1020. The number of hydrogen-bond donors (Lipinski definition) is 1. The topological polar surface area (TPSA) is 111 Å². The van der Waals surface area contributed by atoms with Crippen LogP contribution in [0.5, 0.6) is 0 Å². The van der Waals surface area contributed by atoms with E-state index in [4.69, 9.17) is 16.3 Å². The highest BCUT2D eigenvalue weighted by Crippen LogP contribution is 2.29. The smallest absolute Gasteiger partial charge is 0.316 e. The van der Waals surface area contributed by atoms with Crippen molar-refractivity contribution in [3.63, 3.8) is 0 Å². The van der Waals surface area contributed by atoms with Gasteiger partial charge in [0.25, 0.3) is 11.6 Å². The number of nitro groups is 1. The molecule has 3 rings (SSSR count). The maximum Gasteiger partial charge on any atom is 0.316 e. The molecule has 0 fully saturated rings. The molecule has 144 valence electrons. The number of thiazole rings is 1. The molecule has 11 heteroatoms. The van der Waals surface area contributed by atoms with E-state index in [0.29, 0.717) is 0 Å². The third kappa shape index (κ3) is 5.18. The van der Waals surface area contributed by atoms with Crippen molar-refractivity contribution in [1.82, 2.24) is 4.98 Å². The zero-order chi connectivity index (χ0) is 20.1. The molecule has 0 saturated carbocycles. The fraction of sp³-hybridized carbons (Fsp3) is 0.118. The van der Waals surface area contributed by atoms with Crippen LogP contribution in [0.3, 0.4) is 0 Å². The van der Waals surface area contributed by atoms with E-state index in [-0.39, 0.29) is 22.2 Å². The monoisotopic (exact) mass is 437 g/mol. The highest BCUT2D eigenvalue weighted by molar-refractivity contribution is 8.01. The fourth-order valence-corrected chi connectivity index (χ4v) is 4.16. The maximum atomic E-state index is 11.9. The van der Waals surface area contributed by atoms with Crippen molar-refractivity contribution in [2.75, 3.05) is 17.7 Å². The van der Waals surface area contributed by atoms with E-state index in [1.54, 1.807) is 0 Å². The first-order valence-corrected chi connectivity index (χ1v) is 9.98. The molecule has 0 spiro atoms. The second-order valence-electron chi connectivity index (χ2n) is 5.37. The first kappa shape index (κ1) is 20.1. The molecule has 28 heavy (non-hydrogen) atoms. The van der Waals surface area contributed by atoms with Crippen molar-refractivity contribution in [3.05, 3.63) is 57.6 Å². The number of nitrogens with zero attached hydrogens (tertiary/aromatic N) is 2.